The topological polar surface area (TPSA) is 161 Å². The Morgan fingerprint density at radius 1 is 1.18 bits per heavy atom. The van der Waals surface area contributed by atoms with Crippen molar-refractivity contribution in [3.05, 3.63) is 60.2 Å². The molecule has 1 saturated heterocycles. The van der Waals surface area contributed by atoms with Crippen LogP contribution in [0.25, 0.3) is 0 Å². The number of carboxylic acid groups (broad SMARTS) is 1. The lowest BCUT2D eigenvalue weighted by Crippen LogP contribution is -2.56. The number of aliphatic imine (C=N–C) groups is 1. The fourth-order valence-electron chi connectivity index (χ4n) is 4.70. The van der Waals surface area contributed by atoms with Gasteiger partial charge in [-0.3, -0.25) is 14.6 Å². The number of rotatable bonds is 11. The lowest BCUT2D eigenvalue weighted by atomic mass is 10.1. The number of hydrogen-bond donors (Lipinski definition) is 5. The fourth-order valence-corrected chi connectivity index (χ4v) is 5.91. The van der Waals surface area contributed by atoms with Crippen LogP contribution in [0, 0.1) is 0 Å². The number of carbonyl (C=O) groups excluding carboxylic acids is 1. The number of carbonyl (C=O) groups is 2. The highest BCUT2D eigenvalue weighted by atomic mass is 32.2. The number of anilines is 1. The first-order valence-corrected chi connectivity index (χ1v) is 14.3. The molecule has 210 valence electrons. The monoisotopic (exact) mass is 558 g/mol. The summed E-state index contributed by atoms with van der Waals surface area (Å²) in [5, 5.41) is 18.7. The van der Waals surface area contributed by atoms with Crippen LogP contribution >= 0.6 is 0 Å². The van der Waals surface area contributed by atoms with Crippen LogP contribution in [-0.4, -0.2) is 83.0 Å². The summed E-state index contributed by atoms with van der Waals surface area (Å²) in [6.45, 7) is 2.42. The molecule has 0 radical (unpaired) electrons. The predicted molar refractivity (Wildman–Crippen MR) is 146 cm³/mol. The minimum absolute atomic E-state index is 0.0663. The number of carboxylic acids is 1. The first kappa shape index (κ1) is 28.3. The molecule has 2 atom stereocenters. The third-order valence-corrected chi connectivity index (χ3v) is 8.27. The van der Waals surface area contributed by atoms with Crippen molar-refractivity contribution in [2.45, 2.75) is 35.9 Å². The molecule has 2 aliphatic heterocycles. The van der Waals surface area contributed by atoms with Gasteiger partial charge in [0.05, 0.1) is 11.4 Å². The summed E-state index contributed by atoms with van der Waals surface area (Å²) in [6.07, 6.45) is 2.67. The predicted octanol–water partition coefficient (Wildman–Crippen LogP) is 0.730. The number of ether oxygens (including phenoxy) is 1. The van der Waals surface area contributed by atoms with Crippen molar-refractivity contribution in [1.29, 1.82) is 0 Å². The second-order valence-corrected chi connectivity index (χ2v) is 11.1. The molecule has 0 aliphatic carbocycles. The zero-order valence-electron chi connectivity index (χ0n) is 21.7. The van der Waals surface area contributed by atoms with E-state index in [1.807, 2.05) is 6.07 Å². The summed E-state index contributed by atoms with van der Waals surface area (Å²) >= 11 is 0. The molecule has 2 heterocycles. The maximum Gasteiger partial charge on any atom is 0.323 e. The molecule has 13 heteroatoms. The maximum absolute atomic E-state index is 13.0. The van der Waals surface area contributed by atoms with Crippen molar-refractivity contribution in [2.75, 3.05) is 44.7 Å². The molecule has 0 aromatic heterocycles. The first-order chi connectivity index (χ1) is 18.7. The maximum atomic E-state index is 13.0. The lowest BCUT2D eigenvalue weighted by Gasteiger charge is -2.39. The number of guanidine groups is 1. The molecular formula is C26H34N6O6S. The average Bonchev–Trinajstić information content (AvgIpc) is 3.39. The summed E-state index contributed by atoms with van der Waals surface area (Å²) in [4.78, 5) is 31.2. The van der Waals surface area contributed by atoms with Gasteiger partial charge in [-0.25, -0.2) is 8.42 Å². The molecule has 2 aromatic carbocycles. The summed E-state index contributed by atoms with van der Waals surface area (Å²) in [7, 11) is -2.42. The quantitative estimate of drug-likeness (QED) is 0.268. The molecule has 5 N–H and O–H groups in total. The van der Waals surface area contributed by atoms with E-state index in [0.29, 0.717) is 12.1 Å². The molecule has 0 spiro atoms. The minimum Gasteiger partial charge on any atom is -0.480 e. The normalized spacial score (nSPS) is 20.0. The van der Waals surface area contributed by atoms with E-state index in [0.717, 1.165) is 50.5 Å². The van der Waals surface area contributed by atoms with E-state index < -0.39 is 40.2 Å². The van der Waals surface area contributed by atoms with Gasteiger partial charge in [0.15, 0.2) is 11.7 Å². The third-order valence-electron chi connectivity index (χ3n) is 6.79. The van der Waals surface area contributed by atoms with Crippen LogP contribution in [0.5, 0.6) is 0 Å². The van der Waals surface area contributed by atoms with E-state index in [-0.39, 0.29) is 4.90 Å². The highest BCUT2D eigenvalue weighted by molar-refractivity contribution is 7.89. The molecule has 1 amide bonds. The van der Waals surface area contributed by atoms with Gasteiger partial charge in [-0.05, 0) is 49.6 Å². The first-order valence-electron chi connectivity index (χ1n) is 12.8. The van der Waals surface area contributed by atoms with Gasteiger partial charge in [0, 0.05) is 44.5 Å². The van der Waals surface area contributed by atoms with Crippen molar-refractivity contribution in [3.63, 3.8) is 0 Å². The Bertz CT molecular complexity index is 1310. The van der Waals surface area contributed by atoms with Crippen LogP contribution in [0.4, 0.5) is 5.69 Å². The van der Waals surface area contributed by atoms with Crippen molar-refractivity contribution in [2.24, 2.45) is 4.99 Å². The Hall–Kier alpha value is -3.68. The van der Waals surface area contributed by atoms with Gasteiger partial charge in [-0.1, -0.05) is 24.3 Å². The van der Waals surface area contributed by atoms with Gasteiger partial charge in [0.1, 0.15) is 6.04 Å². The number of aliphatic carboxylic acids is 1. The number of nitrogens with one attached hydrogen (secondary N) is 4. The Morgan fingerprint density at radius 3 is 2.67 bits per heavy atom. The summed E-state index contributed by atoms with van der Waals surface area (Å²) in [5.74, 6) is -1.19. The number of benzene rings is 2. The van der Waals surface area contributed by atoms with E-state index in [1.165, 1.54) is 24.3 Å². The Balaban J connectivity index is 1.43. The van der Waals surface area contributed by atoms with Crippen molar-refractivity contribution < 1.29 is 27.9 Å². The Morgan fingerprint density at radius 2 is 1.97 bits per heavy atom. The highest BCUT2D eigenvalue weighted by Gasteiger charge is 2.41. The average molecular weight is 559 g/mol. The number of hydrogen-bond acceptors (Lipinski definition) is 9. The molecular weight excluding hydrogens is 524 g/mol. The number of sulfonamides is 1. The second kappa shape index (κ2) is 12.5. The van der Waals surface area contributed by atoms with Gasteiger partial charge in [0.25, 0.3) is 5.91 Å². The van der Waals surface area contributed by atoms with Crippen molar-refractivity contribution in [1.82, 2.24) is 20.7 Å². The van der Waals surface area contributed by atoms with E-state index in [1.54, 1.807) is 31.4 Å². The molecule has 1 fully saturated rings. The largest absolute Gasteiger partial charge is 0.480 e. The smallest absolute Gasteiger partial charge is 0.323 e. The molecule has 12 nitrogen and oxygen atoms in total. The molecule has 0 saturated carbocycles. The number of amides is 1. The Kier molecular flexibility index (Phi) is 9.04. The van der Waals surface area contributed by atoms with Crippen LogP contribution in [0.15, 0.2) is 64.5 Å². The van der Waals surface area contributed by atoms with E-state index in [2.05, 4.69) is 30.6 Å². The van der Waals surface area contributed by atoms with Crippen LogP contribution in [-0.2, 0) is 19.6 Å². The summed E-state index contributed by atoms with van der Waals surface area (Å²) in [6, 6.07) is 12.9. The fraction of sp³-hybridized carbons (Fsp3) is 0.423. The molecule has 2 aromatic rings. The van der Waals surface area contributed by atoms with Gasteiger partial charge < -0.3 is 30.7 Å². The zero-order valence-corrected chi connectivity index (χ0v) is 22.5. The second-order valence-electron chi connectivity index (χ2n) is 9.36. The summed E-state index contributed by atoms with van der Waals surface area (Å²) < 4.78 is 33.3. The standard InChI is InChI=1S/C26H34N6O6S/c1-38-26(18-30-25-27-13-7-14-28-25)12-6-15-32(26)20-9-5-8-19(16-20)23(33)29-17-22(24(34)35)31-39(36,37)21-10-3-2-4-11-21/h2-5,8-11,16,22,31H,6-7,12-15,17-18H2,1H3,(H,29,33)(H,34,35)(H2,27,28,30). The summed E-state index contributed by atoms with van der Waals surface area (Å²) in [5.41, 5.74) is 0.452. The lowest BCUT2D eigenvalue weighted by molar-refractivity contribution is -0.138. The molecule has 2 aliphatic rings. The van der Waals surface area contributed by atoms with E-state index in [9.17, 15) is 23.1 Å². The zero-order chi connectivity index (χ0) is 27.9. The van der Waals surface area contributed by atoms with E-state index >= 15 is 0 Å². The van der Waals surface area contributed by atoms with Gasteiger partial charge in [-0.2, -0.15) is 4.72 Å². The van der Waals surface area contributed by atoms with Crippen LogP contribution in [0.1, 0.15) is 29.6 Å². The molecule has 0 bridgehead atoms. The minimum atomic E-state index is -4.09. The molecule has 4 rings (SSSR count). The van der Waals surface area contributed by atoms with Crippen molar-refractivity contribution >= 4 is 33.5 Å². The highest BCUT2D eigenvalue weighted by Crippen LogP contribution is 2.35. The number of nitrogens with zero attached hydrogens (tertiary/aromatic N) is 2. The Labute approximate surface area is 227 Å². The third kappa shape index (κ3) is 6.85. The SMILES string of the molecule is COC1(CNC2=NCCCN2)CCCN1c1cccc(C(=O)NCC(NS(=O)(=O)c2ccccc2)C(=O)O)c1. The van der Waals surface area contributed by atoms with Gasteiger partial charge in [0.2, 0.25) is 10.0 Å². The van der Waals surface area contributed by atoms with Crippen LogP contribution < -0.4 is 25.6 Å². The van der Waals surface area contributed by atoms with Gasteiger partial charge >= 0.3 is 5.97 Å². The van der Waals surface area contributed by atoms with E-state index in [4.69, 9.17) is 4.74 Å². The van der Waals surface area contributed by atoms with Crippen LogP contribution in [0.2, 0.25) is 0 Å². The van der Waals surface area contributed by atoms with Crippen molar-refractivity contribution in [3.8, 4) is 0 Å². The van der Waals surface area contributed by atoms with Crippen LogP contribution in [0.3, 0.4) is 0 Å². The molecule has 2 unspecified atom stereocenters. The number of methoxy groups -OCH3 is 1. The molecule has 39 heavy (non-hydrogen) atoms. The van der Waals surface area contributed by atoms with Gasteiger partial charge in [-0.15, -0.1) is 0 Å².